The van der Waals surface area contributed by atoms with E-state index in [9.17, 15) is 39.6 Å². The zero-order valence-corrected chi connectivity index (χ0v) is 17.8. The molecule has 0 aliphatic carbocycles. The van der Waals surface area contributed by atoms with Crippen LogP contribution in [0.1, 0.15) is 22.3 Å². The van der Waals surface area contributed by atoms with Crippen molar-refractivity contribution in [1.29, 1.82) is 0 Å². The average molecular weight is 513 g/mol. The molecule has 16 heteroatoms. The summed E-state index contributed by atoms with van der Waals surface area (Å²) in [6.07, 6.45) is -10.4. The summed E-state index contributed by atoms with van der Waals surface area (Å²) in [5.41, 5.74) is -2.16. The number of amides is 1. The number of ether oxygens (including phenoxy) is 1. The molecule has 2 aromatic heterocycles. The number of rotatable bonds is 4. The van der Waals surface area contributed by atoms with Gasteiger partial charge in [0.25, 0.3) is 15.9 Å². The van der Waals surface area contributed by atoms with Crippen LogP contribution in [0.4, 0.5) is 37.8 Å². The molecule has 1 aliphatic heterocycles. The van der Waals surface area contributed by atoms with E-state index >= 15 is 0 Å². The third kappa shape index (κ3) is 6.12. The van der Waals surface area contributed by atoms with Crippen molar-refractivity contribution in [3.8, 4) is 0 Å². The second kappa shape index (κ2) is 9.34. The van der Waals surface area contributed by atoms with Crippen molar-refractivity contribution < 1.29 is 44.3 Å². The number of sulfonamides is 1. The van der Waals surface area contributed by atoms with Crippen LogP contribution >= 0.6 is 0 Å². The Kier molecular flexibility index (Phi) is 7.05. The quantitative estimate of drug-likeness (QED) is 0.602. The molecule has 0 saturated carbocycles. The lowest BCUT2D eigenvalue weighted by molar-refractivity contribution is -0.214. The van der Waals surface area contributed by atoms with Crippen molar-refractivity contribution in [2.45, 2.75) is 29.9 Å². The van der Waals surface area contributed by atoms with Gasteiger partial charge in [0.05, 0.1) is 17.7 Å². The summed E-state index contributed by atoms with van der Waals surface area (Å²) in [5.74, 6) is -1.60. The van der Waals surface area contributed by atoms with E-state index in [1.54, 1.807) is 0 Å². The smallest absolute Gasteiger partial charge is 0.367 e. The second-order valence-corrected chi connectivity index (χ2v) is 8.68. The number of pyridine rings is 2. The second-order valence-electron chi connectivity index (χ2n) is 7.18. The third-order valence-electron chi connectivity index (χ3n) is 4.67. The van der Waals surface area contributed by atoms with E-state index in [2.05, 4.69) is 15.3 Å². The molecule has 1 atom stereocenters. The summed E-state index contributed by atoms with van der Waals surface area (Å²) in [5, 5.41) is 6.55. The Morgan fingerprint density at radius 2 is 1.88 bits per heavy atom. The summed E-state index contributed by atoms with van der Waals surface area (Å²) >= 11 is 0. The van der Waals surface area contributed by atoms with Crippen molar-refractivity contribution in [1.82, 2.24) is 9.97 Å². The molecule has 3 rings (SSSR count). The Labute approximate surface area is 189 Å². The number of halogens is 6. The minimum atomic E-state index is -4.89. The largest absolute Gasteiger partial charge is 0.417 e. The number of nitrogens with zero attached hydrogens (tertiary/aromatic N) is 3. The van der Waals surface area contributed by atoms with E-state index < -0.39 is 62.9 Å². The Balaban J connectivity index is 2.01. The van der Waals surface area contributed by atoms with E-state index in [0.717, 1.165) is 23.2 Å². The Morgan fingerprint density at radius 3 is 2.50 bits per heavy atom. The number of carbonyl (C=O) groups is 1. The highest BCUT2D eigenvalue weighted by Crippen LogP contribution is 2.33. The number of nitrogens with two attached hydrogens (primary N) is 1. The zero-order valence-electron chi connectivity index (χ0n) is 17.0. The van der Waals surface area contributed by atoms with Crippen molar-refractivity contribution in [3.63, 3.8) is 0 Å². The average Bonchev–Trinajstić information content (AvgIpc) is 2.98. The first-order valence-electron chi connectivity index (χ1n) is 9.47. The van der Waals surface area contributed by atoms with Gasteiger partial charge in [0.15, 0.2) is 11.1 Å². The third-order valence-corrected chi connectivity index (χ3v) is 5.47. The number of anilines is 2. The Morgan fingerprint density at radius 1 is 1.18 bits per heavy atom. The molecule has 0 spiro atoms. The highest BCUT2D eigenvalue weighted by molar-refractivity contribution is 7.89. The molecule has 0 bridgehead atoms. The van der Waals surface area contributed by atoms with Crippen LogP contribution in [0.25, 0.3) is 0 Å². The van der Waals surface area contributed by atoms with Crippen LogP contribution in [0.15, 0.2) is 35.6 Å². The molecule has 9 nitrogen and oxygen atoms in total. The summed E-state index contributed by atoms with van der Waals surface area (Å²) in [6, 6.07) is 2.47. The molecule has 2 aromatic rings. The lowest BCUT2D eigenvalue weighted by Crippen LogP contribution is -2.42. The number of hydrogen-bond donors (Lipinski definition) is 2. The van der Waals surface area contributed by atoms with Crippen LogP contribution < -0.4 is 15.4 Å². The molecule has 1 fully saturated rings. The van der Waals surface area contributed by atoms with E-state index in [1.165, 1.54) is 0 Å². The topological polar surface area (TPSA) is 128 Å². The van der Waals surface area contributed by atoms with Crippen LogP contribution in [0.3, 0.4) is 0 Å². The predicted octanol–water partition coefficient (Wildman–Crippen LogP) is 2.55. The van der Waals surface area contributed by atoms with Gasteiger partial charge in [0.1, 0.15) is 5.82 Å². The van der Waals surface area contributed by atoms with Crippen LogP contribution in [0, 0.1) is 0 Å². The molecule has 34 heavy (non-hydrogen) atoms. The van der Waals surface area contributed by atoms with Crippen LogP contribution in [0.2, 0.25) is 0 Å². The van der Waals surface area contributed by atoms with Gasteiger partial charge < -0.3 is 15.0 Å². The molecular weight excluding hydrogens is 496 g/mol. The zero-order chi connectivity index (χ0) is 25.3. The van der Waals surface area contributed by atoms with Gasteiger partial charge in [0.2, 0.25) is 0 Å². The van der Waals surface area contributed by atoms with Crippen molar-refractivity contribution in [2.75, 3.05) is 29.9 Å². The van der Waals surface area contributed by atoms with Crippen molar-refractivity contribution in [3.05, 3.63) is 41.7 Å². The Bertz CT molecular complexity index is 1170. The highest BCUT2D eigenvalue weighted by atomic mass is 32.2. The number of carbonyl (C=O) groups excluding carboxylic acids is 1. The number of nitrogens with one attached hydrogen (secondary N) is 1. The van der Waals surface area contributed by atoms with Gasteiger partial charge in [-0.05, 0) is 18.6 Å². The fraction of sp³-hybridized carbons (Fsp3) is 0.389. The molecule has 3 N–H and O–H groups in total. The fourth-order valence-corrected chi connectivity index (χ4v) is 3.59. The van der Waals surface area contributed by atoms with E-state index in [4.69, 9.17) is 9.88 Å². The number of alkyl halides is 6. The lowest BCUT2D eigenvalue weighted by atomic mass is 10.1. The highest BCUT2D eigenvalue weighted by Gasteiger charge is 2.43. The van der Waals surface area contributed by atoms with Crippen LogP contribution in [0.5, 0.6) is 0 Å². The molecule has 1 unspecified atom stereocenters. The molecule has 1 amide bonds. The van der Waals surface area contributed by atoms with Gasteiger partial charge in [-0.2, -0.15) is 26.3 Å². The summed E-state index contributed by atoms with van der Waals surface area (Å²) in [4.78, 5) is 21.1. The first kappa shape index (κ1) is 25.6. The van der Waals surface area contributed by atoms with Crippen molar-refractivity contribution >= 4 is 27.4 Å². The Hall–Kier alpha value is -2.98. The van der Waals surface area contributed by atoms with Gasteiger partial charge in [-0.1, -0.05) is 0 Å². The molecule has 1 aliphatic rings. The van der Waals surface area contributed by atoms with Crippen molar-refractivity contribution in [2.24, 2.45) is 5.14 Å². The molecule has 3 heterocycles. The predicted molar refractivity (Wildman–Crippen MR) is 105 cm³/mol. The molecule has 0 aromatic carbocycles. The summed E-state index contributed by atoms with van der Waals surface area (Å²) in [7, 11) is -4.25. The minimum Gasteiger partial charge on any atom is -0.367 e. The molecular formula is C18H17F6N5O4S. The molecule has 186 valence electrons. The van der Waals surface area contributed by atoms with Gasteiger partial charge in [0, 0.05) is 37.3 Å². The van der Waals surface area contributed by atoms with Gasteiger partial charge in [-0.3, -0.25) is 4.79 Å². The first-order chi connectivity index (χ1) is 15.7. The molecule has 0 radical (unpaired) electrons. The summed E-state index contributed by atoms with van der Waals surface area (Å²) < 4.78 is 107. The SMILES string of the molecule is NS(=O)(=O)c1cc(NC(=O)c2cc(C(F)(F)F)cnc2N2CCCOC(C(F)(F)F)C2)ccn1. The fourth-order valence-electron chi connectivity index (χ4n) is 3.09. The van der Waals surface area contributed by atoms with E-state index in [1.807, 2.05) is 0 Å². The van der Waals surface area contributed by atoms with Crippen LogP contribution in [-0.4, -0.2) is 56.3 Å². The molecule has 1 saturated heterocycles. The van der Waals surface area contributed by atoms with Crippen LogP contribution in [-0.2, 0) is 20.9 Å². The number of hydrogen-bond acceptors (Lipinski definition) is 7. The van der Waals surface area contributed by atoms with Gasteiger partial charge in [-0.15, -0.1) is 0 Å². The van der Waals surface area contributed by atoms with E-state index in [0.29, 0.717) is 12.3 Å². The maximum Gasteiger partial charge on any atom is 0.417 e. The number of aromatic nitrogens is 2. The number of primary sulfonamides is 1. The maximum absolute atomic E-state index is 13.3. The monoisotopic (exact) mass is 513 g/mol. The lowest BCUT2D eigenvalue weighted by Gasteiger charge is -2.27. The van der Waals surface area contributed by atoms with E-state index in [-0.39, 0.29) is 25.3 Å². The standard InChI is InChI=1S/C18H17F6N5O4S/c19-17(20,21)10-6-12(16(30)28-11-2-3-26-14(7-11)34(25,31)32)15(27-8-10)29-4-1-5-33-13(9-29)18(22,23)24/h2-3,6-8,13H,1,4-5,9H2,(H2,25,31,32)(H,26,28,30). The minimum absolute atomic E-state index is 0.0734. The normalized spacial score (nSPS) is 17.9. The maximum atomic E-state index is 13.3. The van der Waals surface area contributed by atoms with Gasteiger partial charge in [-0.25, -0.2) is 23.5 Å². The van der Waals surface area contributed by atoms with Gasteiger partial charge >= 0.3 is 12.4 Å². The summed E-state index contributed by atoms with van der Waals surface area (Å²) in [6.45, 7) is -1.13. The first-order valence-corrected chi connectivity index (χ1v) is 11.0.